The third-order valence-electron chi connectivity index (χ3n) is 1.77. The molecule has 0 saturated heterocycles. The number of fused-ring (bicyclic) bond motifs is 1. The molecular formula is C9H5ClFeINO+2. The second kappa shape index (κ2) is 4.66. The molecule has 0 aliphatic rings. The summed E-state index contributed by atoms with van der Waals surface area (Å²) in [5.74, 6) is 0.195. The van der Waals surface area contributed by atoms with Gasteiger partial charge in [0.15, 0.2) is 5.75 Å². The quantitative estimate of drug-likeness (QED) is 0.580. The topological polar surface area (TPSA) is 33.1 Å². The second-order valence-corrected chi connectivity index (χ2v) is 4.16. The first-order valence-electron chi connectivity index (χ1n) is 3.62. The Labute approximate surface area is 110 Å². The third-order valence-corrected chi connectivity index (χ3v) is 2.90. The van der Waals surface area contributed by atoms with Crippen LogP contribution in [-0.2, 0) is 17.1 Å². The maximum atomic E-state index is 9.65. The van der Waals surface area contributed by atoms with Crippen molar-refractivity contribution in [1.82, 2.24) is 4.98 Å². The summed E-state index contributed by atoms with van der Waals surface area (Å²) >= 11 is 8.00. The Morgan fingerprint density at radius 3 is 2.86 bits per heavy atom. The molecule has 0 atom stereocenters. The number of aromatic hydroxyl groups is 1. The Morgan fingerprint density at radius 1 is 1.43 bits per heavy atom. The number of rotatable bonds is 0. The molecular weight excluding hydrogens is 353 g/mol. The minimum atomic E-state index is 0. The van der Waals surface area contributed by atoms with Crippen LogP contribution in [-0.4, -0.2) is 10.1 Å². The van der Waals surface area contributed by atoms with Gasteiger partial charge < -0.3 is 5.11 Å². The van der Waals surface area contributed by atoms with E-state index in [-0.39, 0.29) is 22.8 Å². The maximum Gasteiger partial charge on any atom is 2.00 e. The van der Waals surface area contributed by atoms with Crippen molar-refractivity contribution in [2.24, 2.45) is 0 Å². The molecule has 0 aliphatic carbocycles. The first-order valence-corrected chi connectivity index (χ1v) is 5.07. The average molecular weight is 358 g/mol. The summed E-state index contributed by atoms with van der Waals surface area (Å²) in [6.45, 7) is 0. The largest absolute Gasteiger partial charge is 2.00 e. The fourth-order valence-corrected chi connectivity index (χ4v) is 2.17. The molecule has 0 radical (unpaired) electrons. The van der Waals surface area contributed by atoms with Crippen LogP contribution in [0.5, 0.6) is 5.75 Å². The number of aromatic nitrogens is 1. The monoisotopic (exact) mass is 358 g/mol. The molecule has 1 heterocycles. The van der Waals surface area contributed by atoms with Gasteiger partial charge in [-0.05, 0) is 40.8 Å². The number of nitrogens with zero attached hydrogens (tertiary/aromatic N) is 1. The Morgan fingerprint density at radius 2 is 2.14 bits per heavy atom. The van der Waals surface area contributed by atoms with Crippen LogP contribution in [0, 0.1) is 3.57 Å². The number of phenolic OH excluding ortho intramolecular Hbond substituents is 1. The van der Waals surface area contributed by atoms with Crippen LogP contribution >= 0.6 is 34.2 Å². The van der Waals surface area contributed by atoms with Crippen molar-refractivity contribution in [2.45, 2.75) is 0 Å². The average Bonchev–Trinajstić information content (AvgIpc) is 2.15. The number of hydrogen-bond acceptors (Lipinski definition) is 2. The number of benzene rings is 1. The van der Waals surface area contributed by atoms with E-state index in [9.17, 15) is 5.11 Å². The van der Waals surface area contributed by atoms with Gasteiger partial charge in [0.05, 0.1) is 8.59 Å². The SMILES string of the molecule is Oc1c([124I])cc(Cl)c2cccnc12.[Fe+2]. The molecule has 0 spiro atoms. The molecule has 2 aromatic rings. The third kappa shape index (κ3) is 1.98. The summed E-state index contributed by atoms with van der Waals surface area (Å²) in [5.41, 5.74) is 0.555. The van der Waals surface area contributed by atoms with Crippen LogP contribution in [0.4, 0.5) is 0 Å². The molecule has 14 heavy (non-hydrogen) atoms. The van der Waals surface area contributed by atoms with Crippen molar-refractivity contribution in [3.05, 3.63) is 33.0 Å². The van der Waals surface area contributed by atoms with Gasteiger partial charge in [-0.15, -0.1) is 0 Å². The van der Waals surface area contributed by atoms with Gasteiger partial charge in [-0.3, -0.25) is 4.98 Å². The Balaban J connectivity index is 0.000000980. The Bertz CT molecular complexity index is 478. The minimum absolute atomic E-state index is 0. The molecule has 1 N–H and O–H groups in total. The van der Waals surface area contributed by atoms with Crippen molar-refractivity contribution in [2.75, 3.05) is 0 Å². The number of pyridine rings is 1. The standard InChI is InChI=1S/C9H5ClINO.Fe/c10-6-4-7(11)9(13)8-5(6)2-1-3-12-8;/h1-4,13H;/q;+2/i11-3;. The van der Waals surface area contributed by atoms with Gasteiger partial charge in [-0.25, -0.2) is 0 Å². The van der Waals surface area contributed by atoms with Crippen LogP contribution < -0.4 is 0 Å². The zero-order chi connectivity index (χ0) is 9.42. The van der Waals surface area contributed by atoms with Crippen molar-refractivity contribution in [3.8, 4) is 5.75 Å². The fraction of sp³-hybridized carbons (Fsp3) is 0. The van der Waals surface area contributed by atoms with E-state index < -0.39 is 0 Å². The summed E-state index contributed by atoms with van der Waals surface area (Å²) in [4.78, 5) is 4.06. The molecule has 72 valence electrons. The predicted octanol–water partition coefficient (Wildman–Crippen LogP) is 3.20. The minimum Gasteiger partial charge on any atom is -0.505 e. The van der Waals surface area contributed by atoms with Gasteiger partial charge in [-0.1, -0.05) is 11.6 Å². The molecule has 1 aromatic heterocycles. The molecule has 1 aromatic carbocycles. The van der Waals surface area contributed by atoms with E-state index in [1.165, 1.54) is 0 Å². The summed E-state index contributed by atoms with van der Waals surface area (Å²) in [5, 5.41) is 11.0. The van der Waals surface area contributed by atoms with Gasteiger partial charge in [0.2, 0.25) is 0 Å². The van der Waals surface area contributed by atoms with Crippen molar-refractivity contribution in [1.29, 1.82) is 0 Å². The van der Waals surface area contributed by atoms with Crippen LogP contribution in [0.2, 0.25) is 5.02 Å². The van der Waals surface area contributed by atoms with Crippen LogP contribution in [0.15, 0.2) is 24.4 Å². The van der Waals surface area contributed by atoms with Crippen molar-refractivity contribution in [3.63, 3.8) is 0 Å². The Kier molecular flexibility index (Phi) is 4.01. The zero-order valence-electron chi connectivity index (χ0n) is 6.81. The molecule has 0 amide bonds. The maximum absolute atomic E-state index is 9.65. The summed E-state index contributed by atoms with van der Waals surface area (Å²) in [6.07, 6.45) is 1.63. The molecule has 2 rings (SSSR count). The van der Waals surface area contributed by atoms with E-state index >= 15 is 0 Å². The summed E-state index contributed by atoms with van der Waals surface area (Å²) in [7, 11) is 0. The van der Waals surface area contributed by atoms with Crippen molar-refractivity contribution < 1.29 is 22.2 Å². The van der Waals surface area contributed by atoms with Crippen molar-refractivity contribution >= 4 is 45.1 Å². The zero-order valence-corrected chi connectivity index (χ0v) is 10.8. The predicted molar refractivity (Wildman–Crippen MR) is 61.1 cm³/mol. The van der Waals surface area contributed by atoms with Gasteiger partial charge in [0.25, 0.3) is 0 Å². The number of hydrogen-bond donors (Lipinski definition) is 1. The first-order chi connectivity index (χ1) is 6.20. The second-order valence-electron chi connectivity index (χ2n) is 2.59. The van der Waals surface area contributed by atoms with Gasteiger partial charge in [-0.2, -0.15) is 0 Å². The van der Waals surface area contributed by atoms with Gasteiger partial charge in [0, 0.05) is 11.6 Å². The van der Waals surface area contributed by atoms with Crippen LogP contribution in [0.3, 0.4) is 0 Å². The first kappa shape index (κ1) is 12.0. The van der Waals surface area contributed by atoms with E-state index in [1.54, 1.807) is 18.3 Å². The van der Waals surface area contributed by atoms with Gasteiger partial charge in [0.1, 0.15) is 5.52 Å². The van der Waals surface area contributed by atoms with E-state index in [0.29, 0.717) is 14.1 Å². The van der Waals surface area contributed by atoms with Gasteiger partial charge >= 0.3 is 17.1 Å². The van der Waals surface area contributed by atoms with E-state index in [1.807, 2.05) is 28.7 Å². The smallest absolute Gasteiger partial charge is 0.505 e. The molecule has 0 bridgehead atoms. The molecule has 0 fully saturated rings. The molecule has 0 saturated carbocycles. The van der Waals surface area contributed by atoms with Crippen LogP contribution in [0.1, 0.15) is 0 Å². The molecule has 2 nitrogen and oxygen atoms in total. The van der Waals surface area contributed by atoms with E-state index in [0.717, 1.165) is 5.39 Å². The molecule has 5 heteroatoms. The normalized spacial score (nSPS) is 9.86. The number of phenols is 1. The van der Waals surface area contributed by atoms with Crippen LogP contribution in [0.25, 0.3) is 10.9 Å². The van der Waals surface area contributed by atoms with E-state index in [2.05, 4.69) is 4.98 Å². The summed E-state index contributed by atoms with van der Waals surface area (Å²) < 4.78 is 0.716. The fourth-order valence-electron chi connectivity index (χ4n) is 1.16. The Hall–Kier alpha value is -0.0305. The summed E-state index contributed by atoms with van der Waals surface area (Å²) in [6, 6.07) is 5.35. The molecule has 0 aliphatic heterocycles. The van der Waals surface area contributed by atoms with E-state index in [4.69, 9.17) is 11.6 Å². The number of halogens is 2. The molecule has 0 unspecified atom stereocenters.